The molecular formula is C14H25N5. The summed E-state index contributed by atoms with van der Waals surface area (Å²) in [6.45, 7) is 10.5. The Balaban J connectivity index is 2.05. The molecule has 1 fully saturated rings. The van der Waals surface area contributed by atoms with Crippen LogP contribution in [0.25, 0.3) is 0 Å². The Bertz CT molecular complexity index is 446. The van der Waals surface area contributed by atoms with Crippen LogP contribution >= 0.6 is 0 Å². The van der Waals surface area contributed by atoms with Gasteiger partial charge >= 0.3 is 0 Å². The summed E-state index contributed by atoms with van der Waals surface area (Å²) in [5, 5.41) is 7.57. The number of guanidine groups is 1. The van der Waals surface area contributed by atoms with E-state index in [1.54, 1.807) is 0 Å². The minimum atomic E-state index is 0.392. The lowest BCUT2D eigenvalue weighted by atomic mass is 9.93. The van der Waals surface area contributed by atoms with Gasteiger partial charge in [-0.1, -0.05) is 13.8 Å². The fraction of sp³-hybridized carbons (Fsp3) is 0.714. The topological polar surface area (TPSA) is 45.5 Å². The van der Waals surface area contributed by atoms with Gasteiger partial charge in [-0.2, -0.15) is 5.10 Å². The number of aromatic nitrogens is 2. The molecule has 0 unspecified atom stereocenters. The number of hydrogen-bond acceptors (Lipinski definition) is 2. The smallest absolute Gasteiger partial charge is 0.194 e. The van der Waals surface area contributed by atoms with Crippen LogP contribution in [-0.4, -0.2) is 40.3 Å². The predicted molar refractivity (Wildman–Crippen MR) is 78.0 cm³/mol. The summed E-state index contributed by atoms with van der Waals surface area (Å²) in [5.41, 5.74) is 1.52. The second kappa shape index (κ2) is 5.63. The van der Waals surface area contributed by atoms with Crippen molar-refractivity contribution in [2.45, 2.75) is 33.7 Å². The number of rotatable bonds is 3. The monoisotopic (exact) mass is 263 g/mol. The normalized spacial score (nSPS) is 18.9. The molecule has 0 aliphatic carbocycles. The van der Waals surface area contributed by atoms with Crippen molar-refractivity contribution in [3.63, 3.8) is 0 Å². The number of nitrogens with zero attached hydrogens (tertiary/aromatic N) is 4. The maximum absolute atomic E-state index is 4.73. The molecule has 1 aliphatic rings. The molecule has 0 atom stereocenters. The maximum Gasteiger partial charge on any atom is 0.194 e. The Kier molecular flexibility index (Phi) is 4.12. The van der Waals surface area contributed by atoms with Crippen LogP contribution in [0.5, 0.6) is 0 Å². The lowest BCUT2D eigenvalue weighted by Crippen LogP contribution is -2.40. The van der Waals surface area contributed by atoms with Crippen molar-refractivity contribution >= 4 is 5.96 Å². The third-order valence-corrected chi connectivity index (χ3v) is 3.63. The van der Waals surface area contributed by atoms with Crippen LogP contribution in [0.2, 0.25) is 0 Å². The highest BCUT2D eigenvalue weighted by molar-refractivity contribution is 5.80. The van der Waals surface area contributed by atoms with Crippen molar-refractivity contribution in [1.29, 1.82) is 0 Å². The van der Waals surface area contributed by atoms with Gasteiger partial charge in [0.2, 0.25) is 0 Å². The van der Waals surface area contributed by atoms with Gasteiger partial charge in [0, 0.05) is 32.9 Å². The SMILES string of the molecule is CCNC(=NCc1ccnn1C)N1CCC(C)(C)C1. The largest absolute Gasteiger partial charge is 0.357 e. The van der Waals surface area contributed by atoms with Gasteiger partial charge in [-0.3, -0.25) is 4.68 Å². The Labute approximate surface area is 115 Å². The quantitative estimate of drug-likeness (QED) is 0.666. The van der Waals surface area contributed by atoms with Crippen LogP contribution in [0.4, 0.5) is 0 Å². The summed E-state index contributed by atoms with van der Waals surface area (Å²) < 4.78 is 1.88. The minimum absolute atomic E-state index is 0.392. The van der Waals surface area contributed by atoms with E-state index in [2.05, 4.69) is 36.1 Å². The summed E-state index contributed by atoms with van der Waals surface area (Å²) in [5.74, 6) is 1.02. The molecule has 0 bridgehead atoms. The Morgan fingerprint density at radius 2 is 2.32 bits per heavy atom. The molecule has 5 nitrogen and oxygen atoms in total. The zero-order valence-electron chi connectivity index (χ0n) is 12.5. The van der Waals surface area contributed by atoms with Gasteiger partial charge in [-0.15, -0.1) is 0 Å². The first kappa shape index (κ1) is 13.9. The number of likely N-dealkylation sites (tertiary alicyclic amines) is 1. The first-order valence-electron chi connectivity index (χ1n) is 7.02. The number of aliphatic imine (C=N–C) groups is 1. The molecule has 1 saturated heterocycles. The summed E-state index contributed by atoms with van der Waals surface area (Å²) in [4.78, 5) is 7.10. The minimum Gasteiger partial charge on any atom is -0.357 e. The van der Waals surface area contributed by atoms with E-state index < -0.39 is 0 Å². The summed E-state index contributed by atoms with van der Waals surface area (Å²) >= 11 is 0. The lowest BCUT2D eigenvalue weighted by molar-refractivity contribution is 0.370. The molecule has 5 heteroatoms. The standard InChI is InChI=1S/C14H25N5/c1-5-15-13(19-9-7-14(2,3)11-19)16-10-12-6-8-17-18(12)4/h6,8H,5,7,9-11H2,1-4H3,(H,15,16). The fourth-order valence-corrected chi connectivity index (χ4v) is 2.43. The van der Waals surface area contributed by atoms with Crippen LogP contribution < -0.4 is 5.32 Å². The summed E-state index contributed by atoms with van der Waals surface area (Å²) in [6.07, 6.45) is 3.04. The van der Waals surface area contributed by atoms with Crippen molar-refractivity contribution in [2.75, 3.05) is 19.6 Å². The van der Waals surface area contributed by atoms with Crippen molar-refractivity contribution in [3.05, 3.63) is 18.0 Å². The van der Waals surface area contributed by atoms with Crippen molar-refractivity contribution in [3.8, 4) is 0 Å². The number of nitrogens with one attached hydrogen (secondary N) is 1. The highest BCUT2D eigenvalue weighted by Crippen LogP contribution is 2.28. The molecule has 0 aromatic carbocycles. The van der Waals surface area contributed by atoms with E-state index in [0.717, 1.165) is 31.3 Å². The average Bonchev–Trinajstić information content (AvgIpc) is 2.91. The Hall–Kier alpha value is -1.52. The molecule has 2 rings (SSSR count). The van der Waals surface area contributed by atoms with E-state index >= 15 is 0 Å². The molecule has 1 N–H and O–H groups in total. The van der Waals surface area contributed by atoms with Crippen molar-refractivity contribution in [1.82, 2.24) is 20.0 Å². The third kappa shape index (κ3) is 3.49. The Morgan fingerprint density at radius 3 is 2.84 bits per heavy atom. The highest BCUT2D eigenvalue weighted by atomic mass is 15.3. The van der Waals surface area contributed by atoms with E-state index in [-0.39, 0.29) is 0 Å². The van der Waals surface area contributed by atoms with Gasteiger partial charge in [0.1, 0.15) is 0 Å². The van der Waals surface area contributed by atoms with Gasteiger partial charge in [0.05, 0.1) is 12.2 Å². The van der Waals surface area contributed by atoms with E-state index in [1.165, 1.54) is 6.42 Å². The van der Waals surface area contributed by atoms with E-state index in [9.17, 15) is 0 Å². The number of hydrogen-bond donors (Lipinski definition) is 1. The first-order valence-corrected chi connectivity index (χ1v) is 7.02. The lowest BCUT2D eigenvalue weighted by Gasteiger charge is -2.23. The molecule has 2 heterocycles. The molecule has 0 radical (unpaired) electrons. The summed E-state index contributed by atoms with van der Waals surface area (Å²) in [6, 6.07) is 2.01. The van der Waals surface area contributed by atoms with Crippen molar-refractivity contribution < 1.29 is 0 Å². The Morgan fingerprint density at radius 1 is 1.53 bits per heavy atom. The van der Waals surface area contributed by atoms with Gasteiger partial charge in [0.25, 0.3) is 0 Å². The first-order chi connectivity index (χ1) is 9.02. The second-order valence-electron chi connectivity index (χ2n) is 5.95. The van der Waals surface area contributed by atoms with Crippen LogP contribution in [0.3, 0.4) is 0 Å². The van der Waals surface area contributed by atoms with Crippen LogP contribution in [-0.2, 0) is 13.6 Å². The van der Waals surface area contributed by atoms with Crippen LogP contribution in [0, 0.1) is 5.41 Å². The third-order valence-electron chi connectivity index (χ3n) is 3.63. The van der Waals surface area contributed by atoms with Gasteiger partial charge in [-0.25, -0.2) is 4.99 Å². The van der Waals surface area contributed by atoms with Gasteiger partial charge < -0.3 is 10.2 Å². The molecule has 1 aromatic heterocycles. The van der Waals surface area contributed by atoms with Crippen molar-refractivity contribution in [2.24, 2.45) is 17.5 Å². The van der Waals surface area contributed by atoms with E-state index in [1.807, 2.05) is 24.0 Å². The molecule has 0 amide bonds. The van der Waals surface area contributed by atoms with Crippen LogP contribution in [0.1, 0.15) is 32.9 Å². The van der Waals surface area contributed by atoms with E-state index in [0.29, 0.717) is 12.0 Å². The molecule has 0 spiro atoms. The molecule has 0 saturated carbocycles. The fourth-order valence-electron chi connectivity index (χ4n) is 2.43. The molecule has 19 heavy (non-hydrogen) atoms. The average molecular weight is 263 g/mol. The van der Waals surface area contributed by atoms with Gasteiger partial charge in [-0.05, 0) is 24.8 Å². The second-order valence-corrected chi connectivity index (χ2v) is 5.95. The molecule has 106 valence electrons. The predicted octanol–water partition coefficient (Wildman–Crippen LogP) is 1.62. The zero-order chi connectivity index (χ0) is 13.9. The maximum atomic E-state index is 4.73. The zero-order valence-corrected chi connectivity index (χ0v) is 12.5. The van der Waals surface area contributed by atoms with Crippen LogP contribution in [0.15, 0.2) is 17.3 Å². The number of aryl methyl sites for hydroxylation is 1. The highest BCUT2D eigenvalue weighted by Gasteiger charge is 2.30. The molecule has 1 aliphatic heterocycles. The molecular weight excluding hydrogens is 238 g/mol. The summed E-state index contributed by atoms with van der Waals surface area (Å²) in [7, 11) is 1.96. The van der Waals surface area contributed by atoms with Gasteiger partial charge in [0.15, 0.2) is 5.96 Å². The van der Waals surface area contributed by atoms with E-state index in [4.69, 9.17) is 4.99 Å². The molecule has 1 aromatic rings.